The highest BCUT2D eigenvalue weighted by Crippen LogP contribution is 2.35. The topological polar surface area (TPSA) is 107 Å². The number of anilines is 1. The van der Waals surface area contributed by atoms with E-state index in [2.05, 4.69) is 48.4 Å². The second-order valence-corrected chi connectivity index (χ2v) is 7.80. The van der Waals surface area contributed by atoms with Gasteiger partial charge in [0.25, 0.3) is 0 Å². The molecule has 2 heterocycles. The first-order valence-corrected chi connectivity index (χ1v) is 9.79. The zero-order valence-electron chi connectivity index (χ0n) is 16.8. The predicted octanol–water partition coefficient (Wildman–Crippen LogP) is 3.39. The van der Waals surface area contributed by atoms with Gasteiger partial charge in [0.2, 0.25) is 0 Å². The number of hydrogen-bond donors (Lipinski definition) is 4. The van der Waals surface area contributed by atoms with Crippen LogP contribution in [0.5, 0.6) is 0 Å². The molecule has 0 saturated heterocycles. The average molecular weight is 361 g/mol. The van der Waals surface area contributed by atoms with E-state index in [0.29, 0.717) is 23.5 Å². The first-order valence-electron chi connectivity index (χ1n) is 9.79. The van der Waals surface area contributed by atoms with Gasteiger partial charge in [-0.05, 0) is 39.5 Å². The minimum absolute atomic E-state index is 0.0461. The van der Waals surface area contributed by atoms with Crippen LogP contribution in [0, 0.1) is 5.92 Å². The summed E-state index contributed by atoms with van der Waals surface area (Å²) in [5.41, 5.74) is 20.4. The van der Waals surface area contributed by atoms with Gasteiger partial charge in [0.15, 0.2) is 0 Å². The van der Waals surface area contributed by atoms with E-state index >= 15 is 0 Å². The molecule has 1 aliphatic heterocycles. The standard InChI is InChI=1S/C20H36N6/c1-6-16(9-7-8-12(2)21)10-13(3)26-11-17(14(4)22)18-19(23)24-15(5)25-20(18)26/h11-13,15-16,25H,4,6-10,21-22H2,1-3,5H3,(H2,23,24). The van der Waals surface area contributed by atoms with Gasteiger partial charge < -0.3 is 27.1 Å². The minimum atomic E-state index is -0.0461. The number of hydrogen-bond acceptors (Lipinski definition) is 5. The molecule has 6 heteroatoms. The van der Waals surface area contributed by atoms with Crippen molar-refractivity contribution in [3.63, 3.8) is 0 Å². The third-order valence-corrected chi connectivity index (χ3v) is 5.31. The quantitative estimate of drug-likeness (QED) is 0.541. The van der Waals surface area contributed by atoms with Crippen LogP contribution in [0.15, 0.2) is 17.8 Å². The van der Waals surface area contributed by atoms with E-state index in [0.717, 1.165) is 29.8 Å². The molecule has 0 spiro atoms. The SMILES string of the molecule is C=C(N)c1cn(C(C)CC(CC)CCCC(C)N)c2c1C(N)=NC(C)N2. The molecule has 7 N–H and O–H groups in total. The normalized spacial score (nSPS) is 19.9. The molecular weight excluding hydrogens is 324 g/mol. The lowest BCUT2D eigenvalue weighted by atomic mass is 9.91. The molecule has 4 unspecified atom stereocenters. The maximum atomic E-state index is 6.20. The third kappa shape index (κ3) is 4.61. The second kappa shape index (κ2) is 8.62. The highest BCUT2D eigenvalue weighted by molar-refractivity contribution is 6.07. The third-order valence-electron chi connectivity index (χ3n) is 5.31. The number of amidine groups is 1. The summed E-state index contributed by atoms with van der Waals surface area (Å²) in [6.45, 7) is 12.5. The Morgan fingerprint density at radius 1 is 1.38 bits per heavy atom. The Morgan fingerprint density at radius 3 is 2.65 bits per heavy atom. The molecule has 0 saturated carbocycles. The van der Waals surface area contributed by atoms with Crippen LogP contribution in [0.25, 0.3) is 5.70 Å². The van der Waals surface area contributed by atoms with Gasteiger partial charge in [-0.3, -0.25) is 0 Å². The van der Waals surface area contributed by atoms with Crippen molar-refractivity contribution in [1.29, 1.82) is 0 Å². The highest BCUT2D eigenvalue weighted by Gasteiger charge is 2.27. The van der Waals surface area contributed by atoms with Gasteiger partial charge in [-0.25, -0.2) is 4.99 Å². The minimum Gasteiger partial charge on any atom is -0.399 e. The van der Waals surface area contributed by atoms with Crippen LogP contribution >= 0.6 is 0 Å². The summed E-state index contributed by atoms with van der Waals surface area (Å²) in [6.07, 6.45) is 7.81. The molecule has 0 aliphatic carbocycles. The molecule has 0 bridgehead atoms. The van der Waals surface area contributed by atoms with Crippen molar-refractivity contribution in [2.24, 2.45) is 28.1 Å². The van der Waals surface area contributed by atoms with Gasteiger partial charge in [-0.15, -0.1) is 0 Å². The molecule has 0 radical (unpaired) electrons. The molecule has 6 nitrogen and oxygen atoms in total. The van der Waals surface area contributed by atoms with Crippen LogP contribution in [0.4, 0.5) is 5.82 Å². The van der Waals surface area contributed by atoms with Gasteiger partial charge >= 0.3 is 0 Å². The summed E-state index contributed by atoms with van der Waals surface area (Å²) < 4.78 is 2.26. The van der Waals surface area contributed by atoms with Gasteiger partial charge in [-0.2, -0.15) is 0 Å². The fourth-order valence-corrected chi connectivity index (χ4v) is 3.84. The zero-order chi connectivity index (χ0) is 19.4. The van der Waals surface area contributed by atoms with Crippen LogP contribution in [0.2, 0.25) is 0 Å². The first kappa shape index (κ1) is 20.4. The average Bonchev–Trinajstić information content (AvgIpc) is 2.93. The smallest absolute Gasteiger partial charge is 0.132 e. The first-order chi connectivity index (χ1) is 12.2. The molecular formula is C20H36N6. The summed E-state index contributed by atoms with van der Waals surface area (Å²) >= 11 is 0. The van der Waals surface area contributed by atoms with Crippen LogP contribution in [-0.2, 0) is 0 Å². The van der Waals surface area contributed by atoms with E-state index in [9.17, 15) is 0 Å². The summed E-state index contributed by atoms with van der Waals surface area (Å²) in [7, 11) is 0. The molecule has 1 aliphatic rings. The Balaban J connectivity index is 2.21. The number of fused-ring (bicyclic) bond motifs is 1. The van der Waals surface area contributed by atoms with E-state index in [4.69, 9.17) is 17.2 Å². The lowest BCUT2D eigenvalue weighted by Gasteiger charge is -2.26. The van der Waals surface area contributed by atoms with E-state index < -0.39 is 0 Å². The summed E-state index contributed by atoms with van der Waals surface area (Å²) in [5.74, 6) is 2.21. The Hall–Kier alpha value is -1.95. The molecule has 1 aromatic heterocycles. The van der Waals surface area contributed by atoms with Crippen LogP contribution < -0.4 is 22.5 Å². The number of nitrogens with one attached hydrogen (secondary N) is 1. The van der Waals surface area contributed by atoms with E-state index in [1.165, 1.54) is 19.3 Å². The molecule has 4 atom stereocenters. The lowest BCUT2D eigenvalue weighted by Crippen LogP contribution is -2.29. The van der Waals surface area contributed by atoms with E-state index in [1.807, 2.05) is 6.92 Å². The van der Waals surface area contributed by atoms with Crippen molar-refractivity contribution in [1.82, 2.24) is 4.57 Å². The number of aromatic nitrogens is 1. The van der Waals surface area contributed by atoms with E-state index in [-0.39, 0.29) is 12.2 Å². The Labute approximate surface area is 157 Å². The predicted molar refractivity (Wildman–Crippen MR) is 112 cm³/mol. The number of nitrogens with zero attached hydrogens (tertiary/aromatic N) is 2. The lowest BCUT2D eigenvalue weighted by molar-refractivity contribution is 0.345. The van der Waals surface area contributed by atoms with Crippen LogP contribution in [-0.4, -0.2) is 22.6 Å². The highest BCUT2D eigenvalue weighted by atomic mass is 15.2. The molecule has 0 fully saturated rings. The molecule has 26 heavy (non-hydrogen) atoms. The van der Waals surface area contributed by atoms with Gasteiger partial charge in [0.1, 0.15) is 17.8 Å². The number of aliphatic imine (C=N–C) groups is 1. The Morgan fingerprint density at radius 2 is 2.08 bits per heavy atom. The largest absolute Gasteiger partial charge is 0.399 e. The molecule has 146 valence electrons. The number of rotatable bonds is 9. The Kier molecular flexibility index (Phi) is 6.75. The fourth-order valence-electron chi connectivity index (χ4n) is 3.84. The maximum absolute atomic E-state index is 6.20. The van der Waals surface area contributed by atoms with E-state index in [1.54, 1.807) is 0 Å². The summed E-state index contributed by atoms with van der Waals surface area (Å²) in [5, 5.41) is 3.45. The van der Waals surface area contributed by atoms with Crippen molar-refractivity contribution in [3.05, 3.63) is 23.9 Å². The molecule has 1 aromatic rings. The fraction of sp³-hybridized carbons (Fsp3) is 0.650. The van der Waals surface area contributed by atoms with Crippen molar-refractivity contribution in [2.75, 3.05) is 5.32 Å². The van der Waals surface area contributed by atoms with Gasteiger partial charge in [-0.1, -0.05) is 32.8 Å². The zero-order valence-corrected chi connectivity index (χ0v) is 16.8. The maximum Gasteiger partial charge on any atom is 0.132 e. The van der Waals surface area contributed by atoms with Crippen LogP contribution in [0.1, 0.15) is 77.0 Å². The molecule has 0 amide bonds. The second-order valence-electron chi connectivity index (χ2n) is 7.80. The molecule has 2 rings (SSSR count). The van der Waals surface area contributed by atoms with Crippen molar-refractivity contribution in [3.8, 4) is 0 Å². The van der Waals surface area contributed by atoms with Gasteiger partial charge in [0.05, 0.1) is 5.56 Å². The summed E-state index contributed by atoms with van der Waals surface area (Å²) in [4.78, 5) is 4.44. The monoisotopic (exact) mass is 360 g/mol. The van der Waals surface area contributed by atoms with Crippen molar-refractivity contribution >= 4 is 17.4 Å². The van der Waals surface area contributed by atoms with Crippen molar-refractivity contribution in [2.45, 2.75) is 78.0 Å². The van der Waals surface area contributed by atoms with Gasteiger partial charge in [0, 0.05) is 29.5 Å². The van der Waals surface area contributed by atoms with Crippen LogP contribution in [0.3, 0.4) is 0 Å². The Bertz CT molecular complexity index is 658. The number of nitrogens with two attached hydrogens (primary N) is 3. The molecule has 0 aromatic carbocycles. The summed E-state index contributed by atoms with van der Waals surface area (Å²) in [6, 6.07) is 0.621. The van der Waals surface area contributed by atoms with Crippen molar-refractivity contribution < 1.29 is 0 Å².